The van der Waals surface area contributed by atoms with Gasteiger partial charge in [0.2, 0.25) is 0 Å². The number of aromatic amines is 1. The highest BCUT2D eigenvalue weighted by molar-refractivity contribution is 6.30. The first-order chi connectivity index (χ1) is 3.79. The first kappa shape index (κ1) is 5.31. The first-order valence-corrected chi connectivity index (χ1v) is 2.37. The van der Waals surface area contributed by atoms with Crippen molar-refractivity contribution in [2.45, 2.75) is 0 Å². The van der Waals surface area contributed by atoms with Crippen molar-refractivity contribution in [3.63, 3.8) is 0 Å². The lowest BCUT2D eigenvalue weighted by atomic mass is 10.7. The SMILES string of the molecule is O=[14c]1ncc(Cl)c[nH]1. The van der Waals surface area contributed by atoms with E-state index in [1.165, 1.54) is 12.4 Å². The Morgan fingerprint density at radius 1 is 1.88 bits per heavy atom. The third-order valence-electron chi connectivity index (χ3n) is 0.639. The maximum Gasteiger partial charge on any atom is 0.344 e. The Morgan fingerprint density at radius 3 is 3.00 bits per heavy atom. The number of rotatable bonds is 0. The molecule has 0 saturated carbocycles. The van der Waals surface area contributed by atoms with E-state index in [1.54, 1.807) is 0 Å². The number of aromatic nitrogens is 2. The van der Waals surface area contributed by atoms with Crippen molar-refractivity contribution in [1.29, 1.82) is 0 Å². The van der Waals surface area contributed by atoms with Crippen molar-refractivity contribution in [2.24, 2.45) is 0 Å². The average Bonchev–Trinajstić information content (AvgIpc) is 1.77. The molecule has 0 unspecified atom stereocenters. The molecule has 1 heterocycles. The Balaban J connectivity index is 3.22. The van der Waals surface area contributed by atoms with E-state index in [9.17, 15) is 4.79 Å². The Hall–Kier alpha value is -0.830. The molecule has 1 aromatic heterocycles. The van der Waals surface area contributed by atoms with Gasteiger partial charge in [0.25, 0.3) is 0 Å². The van der Waals surface area contributed by atoms with Gasteiger partial charge in [-0.05, 0) is 0 Å². The van der Waals surface area contributed by atoms with Crippen molar-refractivity contribution >= 4 is 11.6 Å². The molecule has 0 amide bonds. The normalized spacial score (nSPS) is 9.12. The molecule has 0 bridgehead atoms. The monoisotopic (exact) mass is 132 g/mol. The van der Waals surface area contributed by atoms with Gasteiger partial charge in [0.1, 0.15) is 0 Å². The molecule has 0 aliphatic heterocycles. The number of nitrogens with one attached hydrogen (secondary N) is 1. The number of H-pyrrole nitrogens is 1. The van der Waals surface area contributed by atoms with Crippen LogP contribution in [-0.2, 0) is 0 Å². The maximum atomic E-state index is 10.2. The minimum Gasteiger partial charge on any atom is -0.311 e. The van der Waals surface area contributed by atoms with Gasteiger partial charge in [0.05, 0.1) is 11.2 Å². The van der Waals surface area contributed by atoms with E-state index in [1.807, 2.05) is 0 Å². The number of halogens is 1. The molecule has 1 rings (SSSR count). The standard InChI is InChI=1S/C4H3ClN2O/c5-3-1-6-4(8)7-2-3/h1-2H,(H,6,7,8)/i4+2. The summed E-state index contributed by atoms with van der Waals surface area (Å²) in [6, 6.07) is 0. The molecule has 0 saturated heterocycles. The molecular weight excluding hydrogens is 130 g/mol. The van der Waals surface area contributed by atoms with Crippen molar-refractivity contribution in [3.05, 3.63) is 27.9 Å². The zero-order valence-electron chi connectivity index (χ0n) is 3.89. The summed E-state index contributed by atoms with van der Waals surface area (Å²) in [4.78, 5) is 15.8. The Kier molecular flexibility index (Phi) is 1.30. The summed E-state index contributed by atoms with van der Waals surface area (Å²) in [6.45, 7) is 0. The summed E-state index contributed by atoms with van der Waals surface area (Å²) in [5.74, 6) is 0. The highest BCUT2D eigenvalue weighted by Crippen LogP contribution is 1.97. The average molecular weight is 133 g/mol. The van der Waals surface area contributed by atoms with Crippen LogP contribution < -0.4 is 5.69 Å². The van der Waals surface area contributed by atoms with E-state index >= 15 is 0 Å². The number of hydrogen-bond donors (Lipinski definition) is 1. The van der Waals surface area contributed by atoms with Gasteiger partial charge in [-0.3, -0.25) is 0 Å². The lowest BCUT2D eigenvalue weighted by Gasteiger charge is -1.80. The lowest BCUT2D eigenvalue weighted by Crippen LogP contribution is -2.06. The largest absolute Gasteiger partial charge is 0.344 e. The van der Waals surface area contributed by atoms with Crippen molar-refractivity contribution in [2.75, 3.05) is 0 Å². The molecule has 0 aliphatic carbocycles. The van der Waals surface area contributed by atoms with Gasteiger partial charge in [-0.25, -0.2) is 9.78 Å². The Labute approximate surface area is 50.3 Å². The smallest absolute Gasteiger partial charge is 0.311 e. The molecular formula is C4H3ClN2O. The van der Waals surface area contributed by atoms with Gasteiger partial charge in [-0.2, -0.15) is 0 Å². The van der Waals surface area contributed by atoms with Crippen LogP contribution >= 0.6 is 11.6 Å². The first-order valence-electron chi connectivity index (χ1n) is 1.99. The van der Waals surface area contributed by atoms with Gasteiger partial charge >= 0.3 is 5.69 Å². The predicted octanol–water partition coefficient (Wildman–Crippen LogP) is 0.423. The van der Waals surface area contributed by atoms with Crippen LogP contribution in [-0.4, -0.2) is 9.97 Å². The third-order valence-corrected chi connectivity index (χ3v) is 0.845. The van der Waals surface area contributed by atoms with E-state index in [4.69, 9.17) is 11.6 Å². The number of hydrogen-bond acceptors (Lipinski definition) is 2. The van der Waals surface area contributed by atoms with E-state index in [-0.39, 0.29) is 5.69 Å². The van der Waals surface area contributed by atoms with Crippen LogP contribution in [0.15, 0.2) is 17.2 Å². The summed E-state index contributed by atoms with van der Waals surface area (Å²) in [5, 5.41) is 0.435. The summed E-state index contributed by atoms with van der Waals surface area (Å²) < 4.78 is 0. The Bertz CT molecular complexity index is 211. The summed E-state index contributed by atoms with van der Waals surface area (Å²) >= 11 is 5.38. The van der Waals surface area contributed by atoms with Gasteiger partial charge in [-0.15, -0.1) is 0 Å². The zero-order chi connectivity index (χ0) is 5.98. The predicted molar refractivity (Wildman–Crippen MR) is 29.9 cm³/mol. The van der Waals surface area contributed by atoms with Crippen LogP contribution in [0.4, 0.5) is 0 Å². The van der Waals surface area contributed by atoms with Crippen molar-refractivity contribution in [1.82, 2.24) is 9.97 Å². The zero-order valence-corrected chi connectivity index (χ0v) is 4.64. The molecule has 4 heteroatoms. The minimum atomic E-state index is -0.380. The molecule has 0 fully saturated rings. The highest BCUT2D eigenvalue weighted by Gasteiger charge is 1.82. The van der Waals surface area contributed by atoms with Crippen LogP contribution in [0.3, 0.4) is 0 Å². The van der Waals surface area contributed by atoms with Gasteiger partial charge < -0.3 is 4.98 Å². The molecule has 8 heavy (non-hydrogen) atoms. The summed E-state index contributed by atoms with van der Waals surface area (Å²) in [7, 11) is 0. The minimum absolute atomic E-state index is 0.380. The molecule has 42 valence electrons. The molecule has 1 N–H and O–H groups in total. The van der Waals surface area contributed by atoms with E-state index in [2.05, 4.69) is 9.97 Å². The fourth-order valence-corrected chi connectivity index (χ4v) is 0.429. The quantitative estimate of drug-likeness (QED) is 0.556. The molecule has 0 spiro atoms. The van der Waals surface area contributed by atoms with E-state index < -0.39 is 0 Å². The maximum absolute atomic E-state index is 10.2. The summed E-state index contributed by atoms with van der Waals surface area (Å²) in [6.07, 6.45) is 2.68. The number of nitrogens with zero attached hydrogens (tertiary/aromatic N) is 1. The summed E-state index contributed by atoms with van der Waals surface area (Å²) in [5.41, 5.74) is -0.380. The lowest BCUT2D eigenvalue weighted by molar-refractivity contribution is 1.08. The second kappa shape index (κ2) is 1.96. The fraction of sp³-hybridized carbons (Fsp3) is 0. The van der Waals surface area contributed by atoms with Gasteiger partial charge in [0, 0.05) is 6.20 Å². The molecule has 0 aromatic carbocycles. The van der Waals surface area contributed by atoms with Crippen molar-refractivity contribution in [3.8, 4) is 0 Å². The van der Waals surface area contributed by atoms with Crippen LogP contribution in [0.5, 0.6) is 0 Å². The van der Waals surface area contributed by atoms with Gasteiger partial charge in [-0.1, -0.05) is 11.6 Å². The third kappa shape index (κ3) is 1.07. The topological polar surface area (TPSA) is 45.8 Å². The van der Waals surface area contributed by atoms with E-state index in [0.29, 0.717) is 5.02 Å². The second-order valence-electron chi connectivity index (χ2n) is 1.24. The van der Waals surface area contributed by atoms with Crippen LogP contribution in [0.1, 0.15) is 0 Å². The molecule has 1 aromatic rings. The molecule has 0 atom stereocenters. The molecule has 0 radical (unpaired) electrons. The fourth-order valence-electron chi connectivity index (χ4n) is 0.326. The van der Waals surface area contributed by atoms with Crippen LogP contribution in [0.2, 0.25) is 5.02 Å². The highest BCUT2D eigenvalue weighted by atomic mass is 35.5. The van der Waals surface area contributed by atoms with Crippen molar-refractivity contribution < 1.29 is 0 Å². The second-order valence-corrected chi connectivity index (χ2v) is 1.67. The molecule has 3 nitrogen and oxygen atoms in total. The van der Waals surface area contributed by atoms with Gasteiger partial charge in [0.15, 0.2) is 0 Å². The Morgan fingerprint density at radius 2 is 2.62 bits per heavy atom. The molecule has 0 aliphatic rings. The van der Waals surface area contributed by atoms with E-state index in [0.717, 1.165) is 0 Å². The van der Waals surface area contributed by atoms with Crippen LogP contribution in [0.25, 0.3) is 0 Å². The van der Waals surface area contributed by atoms with Crippen LogP contribution in [0, 0.1) is 0 Å².